The van der Waals surface area contributed by atoms with Crippen molar-refractivity contribution >= 4 is 28.7 Å². The molecule has 3 aromatic rings. The summed E-state index contributed by atoms with van der Waals surface area (Å²) in [7, 11) is 1.80. The number of hydrogen-bond acceptors (Lipinski definition) is 7. The van der Waals surface area contributed by atoms with Crippen molar-refractivity contribution in [3.8, 4) is 11.3 Å². The van der Waals surface area contributed by atoms with Gasteiger partial charge in [0.1, 0.15) is 5.52 Å². The molecule has 0 bridgehead atoms. The van der Waals surface area contributed by atoms with Crippen molar-refractivity contribution in [1.29, 1.82) is 0 Å². The Morgan fingerprint density at radius 1 is 1.19 bits per heavy atom. The van der Waals surface area contributed by atoms with Gasteiger partial charge in [0.2, 0.25) is 12.4 Å². The number of nitrogens with one attached hydrogen (secondary N) is 1. The SMILES string of the molecule is CCC(F)F.CCN1CCC(F)(F)C1.CNc1nc(N)nn2ccc(-c3ccc(N=C(C)C)c(C)n3)c12. The van der Waals surface area contributed by atoms with E-state index in [0.717, 1.165) is 40.4 Å². The number of aromatic nitrogens is 4. The minimum Gasteiger partial charge on any atom is -0.371 e. The molecule has 4 heterocycles. The number of fused-ring (bicyclic) bond motifs is 1. The van der Waals surface area contributed by atoms with Crippen molar-refractivity contribution < 1.29 is 17.6 Å². The van der Waals surface area contributed by atoms with E-state index in [1.165, 1.54) is 6.92 Å². The lowest BCUT2D eigenvalue weighted by atomic mass is 10.1. The number of pyridine rings is 1. The summed E-state index contributed by atoms with van der Waals surface area (Å²) in [5.74, 6) is -1.52. The number of halogens is 4. The van der Waals surface area contributed by atoms with E-state index in [2.05, 4.69) is 25.4 Å². The van der Waals surface area contributed by atoms with Gasteiger partial charge in [0.05, 0.1) is 23.6 Å². The largest absolute Gasteiger partial charge is 0.371 e. The van der Waals surface area contributed by atoms with E-state index in [1.807, 2.05) is 52.1 Å². The van der Waals surface area contributed by atoms with Gasteiger partial charge in [-0.3, -0.25) is 14.9 Å². The zero-order valence-electron chi connectivity index (χ0n) is 22.2. The number of aryl methyl sites for hydroxylation is 1. The first kappa shape index (κ1) is 29.9. The number of anilines is 2. The van der Waals surface area contributed by atoms with Crippen LogP contribution in [-0.4, -0.2) is 69.2 Å². The number of nitrogen functional groups attached to an aromatic ring is 1. The average Bonchev–Trinajstić information content (AvgIpc) is 3.42. The molecule has 4 rings (SSSR count). The second kappa shape index (κ2) is 13.3. The van der Waals surface area contributed by atoms with E-state index in [0.29, 0.717) is 12.4 Å². The average molecular weight is 525 g/mol. The number of likely N-dealkylation sites (tertiary alicyclic amines) is 1. The molecule has 0 aliphatic carbocycles. The molecule has 0 unspecified atom stereocenters. The number of nitrogens with zero attached hydrogens (tertiary/aromatic N) is 6. The molecule has 0 atom stereocenters. The van der Waals surface area contributed by atoms with Gasteiger partial charge in [-0.2, -0.15) is 4.98 Å². The van der Waals surface area contributed by atoms with Gasteiger partial charge in [-0.1, -0.05) is 13.8 Å². The van der Waals surface area contributed by atoms with Gasteiger partial charge in [-0.15, -0.1) is 5.10 Å². The van der Waals surface area contributed by atoms with E-state index in [-0.39, 0.29) is 25.3 Å². The lowest BCUT2D eigenvalue weighted by molar-refractivity contribution is 0.0127. The molecule has 1 aliphatic heterocycles. The zero-order chi connectivity index (χ0) is 27.8. The second-order valence-electron chi connectivity index (χ2n) is 8.73. The van der Waals surface area contributed by atoms with Crippen LogP contribution in [0, 0.1) is 6.92 Å². The molecular formula is C25H36F4N8. The summed E-state index contributed by atoms with van der Waals surface area (Å²) in [5, 5.41) is 7.26. The molecule has 0 aromatic carbocycles. The van der Waals surface area contributed by atoms with Crippen molar-refractivity contribution in [1.82, 2.24) is 24.5 Å². The monoisotopic (exact) mass is 524 g/mol. The summed E-state index contributed by atoms with van der Waals surface area (Å²) < 4.78 is 47.9. The Balaban J connectivity index is 0.000000283. The predicted octanol–water partition coefficient (Wildman–Crippen LogP) is 5.84. The molecule has 1 aliphatic rings. The quantitative estimate of drug-likeness (QED) is 0.321. The smallest absolute Gasteiger partial charge is 0.261 e. The standard InChI is InChI=1S/C16H19N7.C6H11F2N.C3H6F2/c1-9(2)19-12-5-6-13(20-10(12)3)11-7-8-23-14(11)15(18-4)21-16(17)22-23;1-2-9-4-3-6(7,8)5-9;1-2-3(4)5/h5-8H,1-4H3,(H3,17,18,21,22);2-5H2,1H3;3H,2H2,1H3. The Hall–Kier alpha value is -3.28. The minimum absolute atomic E-state index is 0.0278. The van der Waals surface area contributed by atoms with Crippen LogP contribution in [0.15, 0.2) is 29.4 Å². The summed E-state index contributed by atoms with van der Waals surface area (Å²) in [6.45, 7) is 10.5. The van der Waals surface area contributed by atoms with Crippen LogP contribution in [0.3, 0.4) is 0 Å². The van der Waals surface area contributed by atoms with Crippen LogP contribution in [-0.2, 0) is 0 Å². The number of aliphatic imine (C=N–C) groups is 1. The maximum absolute atomic E-state index is 12.3. The van der Waals surface area contributed by atoms with Crippen LogP contribution in [0.4, 0.5) is 35.0 Å². The van der Waals surface area contributed by atoms with Crippen LogP contribution >= 0.6 is 0 Å². The first-order valence-electron chi connectivity index (χ1n) is 12.1. The van der Waals surface area contributed by atoms with E-state index < -0.39 is 12.3 Å². The number of alkyl halides is 4. The molecule has 12 heteroatoms. The Kier molecular flexibility index (Phi) is 10.8. The Morgan fingerprint density at radius 3 is 2.32 bits per heavy atom. The topological polar surface area (TPSA) is 96.7 Å². The fourth-order valence-electron chi connectivity index (χ4n) is 3.56. The number of nitrogens with two attached hydrogens (primary N) is 1. The molecule has 37 heavy (non-hydrogen) atoms. The molecule has 204 valence electrons. The predicted molar refractivity (Wildman–Crippen MR) is 141 cm³/mol. The molecular weight excluding hydrogens is 488 g/mol. The van der Waals surface area contributed by atoms with E-state index in [9.17, 15) is 17.6 Å². The van der Waals surface area contributed by atoms with Crippen LogP contribution in [0.1, 0.15) is 46.2 Å². The fourth-order valence-corrected chi connectivity index (χ4v) is 3.56. The van der Waals surface area contributed by atoms with Gasteiger partial charge in [0.15, 0.2) is 5.82 Å². The van der Waals surface area contributed by atoms with Crippen molar-refractivity contribution in [3.63, 3.8) is 0 Å². The van der Waals surface area contributed by atoms with Gasteiger partial charge < -0.3 is 11.1 Å². The minimum atomic E-state index is -2.41. The highest BCUT2D eigenvalue weighted by Crippen LogP contribution is 2.30. The van der Waals surface area contributed by atoms with Crippen molar-refractivity contribution in [2.24, 2.45) is 4.99 Å². The third kappa shape index (κ3) is 8.66. The second-order valence-corrected chi connectivity index (χ2v) is 8.73. The summed E-state index contributed by atoms with van der Waals surface area (Å²) in [6.07, 6.45) is -0.251. The van der Waals surface area contributed by atoms with Gasteiger partial charge in [0.25, 0.3) is 5.92 Å². The number of hydrogen-bond donors (Lipinski definition) is 2. The molecule has 0 amide bonds. The molecule has 1 saturated heterocycles. The summed E-state index contributed by atoms with van der Waals surface area (Å²) in [6, 6.07) is 5.89. The first-order chi connectivity index (χ1) is 17.4. The fraction of sp³-hybridized carbons (Fsp3) is 0.520. The Morgan fingerprint density at radius 2 is 1.86 bits per heavy atom. The van der Waals surface area contributed by atoms with E-state index in [1.54, 1.807) is 16.5 Å². The highest BCUT2D eigenvalue weighted by atomic mass is 19.3. The zero-order valence-corrected chi connectivity index (χ0v) is 22.2. The molecule has 3 N–H and O–H groups in total. The van der Waals surface area contributed by atoms with Crippen molar-refractivity contribution in [2.45, 2.75) is 59.8 Å². The van der Waals surface area contributed by atoms with Gasteiger partial charge in [-0.05, 0) is 45.5 Å². The normalized spacial score (nSPS) is 14.6. The summed E-state index contributed by atoms with van der Waals surface area (Å²) in [4.78, 5) is 15.2. The maximum atomic E-state index is 12.3. The number of rotatable bonds is 5. The third-order valence-corrected chi connectivity index (χ3v) is 5.45. The van der Waals surface area contributed by atoms with Crippen LogP contribution < -0.4 is 11.1 Å². The van der Waals surface area contributed by atoms with Gasteiger partial charge in [0, 0.05) is 43.9 Å². The molecule has 3 aromatic heterocycles. The Labute approximate surface area is 215 Å². The lowest BCUT2D eigenvalue weighted by Crippen LogP contribution is -2.24. The van der Waals surface area contributed by atoms with Crippen molar-refractivity contribution in [3.05, 3.63) is 30.1 Å². The Bertz CT molecular complexity index is 1190. The van der Waals surface area contributed by atoms with Crippen LogP contribution in [0.25, 0.3) is 16.8 Å². The van der Waals surface area contributed by atoms with Gasteiger partial charge >= 0.3 is 0 Å². The maximum Gasteiger partial charge on any atom is 0.261 e. The molecule has 0 saturated carbocycles. The lowest BCUT2D eigenvalue weighted by Gasteiger charge is -2.11. The molecule has 8 nitrogen and oxygen atoms in total. The van der Waals surface area contributed by atoms with Crippen molar-refractivity contribution in [2.75, 3.05) is 37.7 Å². The van der Waals surface area contributed by atoms with E-state index >= 15 is 0 Å². The summed E-state index contributed by atoms with van der Waals surface area (Å²) in [5.41, 5.74) is 11.1. The van der Waals surface area contributed by atoms with Gasteiger partial charge in [-0.25, -0.2) is 22.1 Å². The molecule has 1 fully saturated rings. The van der Waals surface area contributed by atoms with E-state index in [4.69, 9.17) is 5.73 Å². The highest BCUT2D eigenvalue weighted by Gasteiger charge is 2.37. The highest BCUT2D eigenvalue weighted by molar-refractivity contribution is 5.88. The third-order valence-electron chi connectivity index (χ3n) is 5.45. The molecule has 0 spiro atoms. The van der Waals surface area contributed by atoms with Crippen LogP contribution in [0.2, 0.25) is 0 Å². The van der Waals surface area contributed by atoms with Crippen LogP contribution in [0.5, 0.6) is 0 Å². The summed E-state index contributed by atoms with van der Waals surface area (Å²) >= 11 is 0. The first-order valence-corrected chi connectivity index (χ1v) is 12.1. The molecule has 0 radical (unpaired) electrons.